The highest BCUT2D eigenvalue weighted by atomic mass is 16.5. The summed E-state index contributed by atoms with van der Waals surface area (Å²) < 4.78 is 6.01. The molecule has 4 heteroatoms. The van der Waals surface area contributed by atoms with E-state index in [1.807, 2.05) is 66.7 Å². The van der Waals surface area contributed by atoms with Gasteiger partial charge in [0, 0.05) is 18.1 Å². The predicted octanol–water partition coefficient (Wildman–Crippen LogP) is 4.08. The van der Waals surface area contributed by atoms with Crippen molar-refractivity contribution in [2.24, 2.45) is 5.10 Å². The Balaban J connectivity index is 1.72. The van der Waals surface area contributed by atoms with Crippen molar-refractivity contribution in [3.8, 4) is 0 Å². The van der Waals surface area contributed by atoms with Gasteiger partial charge in [0.25, 0.3) is 0 Å². The summed E-state index contributed by atoms with van der Waals surface area (Å²) in [5, 5.41) is 8.05. The first-order chi connectivity index (χ1) is 11.7. The topological polar surface area (TPSA) is 41.9 Å². The Hall–Kier alpha value is -3.14. The molecule has 0 fully saturated rings. The number of ether oxygens (including phenoxy) is 1. The van der Waals surface area contributed by atoms with Crippen LogP contribution in [0.3, 0.4) is 0 Å². The molecule has 0 radical (unpaired) electrons. The zero-order valence-electron chi connectivity index (χ0n) is 13.2. The van der Waals surface area contributed by atoms with Gasteiger partial charge in [0.15, 0.2) is 0 Å². The molecule has 1 aliphatic rings. The van der Waals surface area contributed by atoms with Crippen molar-refractivity contribution in [2.45, 2.75) is 13.2 Å². The summed E-state index contributed by atoms with van der Waals surface area (Å²) in [5.74, 6) is 0.310. The molecule has 0 saturated carbocycles. The molecule has 0 N–H and O–H groups in total. The molecule has 3 aromatic carbocycles. The highest BCUT2D eigenvalue weighted by Crippen LogP contribution is 2.30. The van der Waals surface area contributed by atoms with Crippen molar-refractivity contribution in [1.82, 2.24) is 5.01 Å². The molecule has 0 aromatic heterocycles. The number of rotatable bonds is 2. The fourth-order valence-corrected chi connectivity index (χ4v) is 2.84. The molecule has 1 aliphatic heterocycles. The van der Waals surface area contributed by atoms with Gasteiger partial charge in [0.2, 0.25) is 18.0 Å². The van der Waals surface area contributed by atoms with Crippen molar-refractivity contribution in [3.05, 3.63) is 83.9 Å². The second-order valence-electron chi connectivity index (χ2n) is 5.71. The number of hydrogen-bond donors (Lipinski definition) is 0. The van der Waals surface area contributed by atoms with E-state index >= 15 is 0 Å². The van der Waals surface area contributed by atoms with E-state index in [9.17, 15) is 4.79 Å². The summed E-state index contributed by atoms with van der Waals surface area (Å²) in [4.78, 5) is 12.0. The van der Waals surface area contributed by atoms with Crippen LogP contribution in [0, 0.1) is 0 Å². The van der Waals surface area contributed by atoms with E-state index in [2.05, 4.69) is 11.2 Å². The second-order valence-corrected chi connectivity index (χ2v) is 5.71. The van der Waals surface area contributed by atoms with Crippen LogP contribution in [0.4, 0.5) is 0 Å². The third-order valence-corrected chi connectivity index (χ3v) is 4.05. The monoisotopic (exact) mass is 316 g/mol. The van der Waals surface area contributed by atoms with Gasteiger partial charge in [-0.3, -0.25) is 4.79 Å². The molecule has 3 aromatic rings. The summed E-state index contributed by atoms with van der Waals surface area (Å²) in [5.41, 5.74) is 1.76. The van der Waals surface area contributed by atoms with Crippen LogP contribution in [0.1, 0.15) is 24.3 Å². The second kappa shape index (κ2) is 5.81. The van der Waals surface area contributed by atoms with Crippen LogP contribution in [-0.4, -0.2) is 16.8 Å². The number of nitrogens with zero attached hydrogens (tertiary/aromatic N) is 2. The minimum Gasteiger partial charge on any atom is -0.446 e. The molecular formula is C20H16N2O2. The van der Waals surface area contributed by atoms with Gasteiger partial charge in [-0.15, -0.1) is 5.10 Å². The first-order valence-corrected chi connectivity index (χ1v) is 7.81. The van der Waals surface area contributed by atoms with Crippen LogP contribution in [0.2, 0.25) is 0 Å². The Morgan fingerprint density at radius 2 is 1.67 bits per heavy atom. The summed E-state index contributed by atoms with van der Waals surface area (Å²) >= 11 is 0. The van der Waals surface area contributed by atoms with Crippen molar-refractivity contribution >= 4 is 22.6 Å². The average Bonchev–Trinajstić information content (AvgIpc) is 3.08. The van der Waals surface area contributed by atoms with Crippen LogP contribution in [0.25, 0.3) is 10.8 Å². The molecule has 4 rings (SSSR count). The first-order valence-electron chi connectivity index (χ1n) is 7.81. The van der Waals surface area contributed by atoms with Gasteiger partial charge in [-0.25, -0.2) is 0 Å². The van der Waals surface area contributed by atoms with Crippen molar-refractivity contribution in [1.29, 1.82) is 0 Å². The van der Waals surface area contributed by atoms with Crippen LogP contribution in [0.5, 0.6) is 0 Å². The summed E-state index contributed by atoms with van der Waals surface area (Å²) in [6.45, 7) is 1.49. The van der Waals surface area contributed by atoms with Gasteiger partial charge in [-0.05, 0) is 22.9 Å². The lowest BCUT2D eigenvalue weighted by atomic mass is 10.1. The van der Waals surface area contributed by atoms with Crippen LogP contribution >= 0.6 is 0 Å². The van der Waals surface area contributed by atoms with Crippen molar-refractivity contribution < 1.29 is 9.53 Å². The number of hydrazone groups is 1. The number of hydrogen-bond acceptors (Lipinski definition) is 3. The fraction of sp³-hybridized carbons (Fsp3) is 0.100. The molecule has 24 heavy (non-hydrogen) atoms. The van der Waals surface area contributed by atoms with Gasteiger partial charge in [-0.2, -0.15) is 5.01 Å². The zero-order chi connectivity index (χ0) is 16.5. The molecule has 0 spiro atoms. The number of fused-ring (bicyclic) bond motifs is 1. The zero-order valence-corrected chi connectivity index (χ0v) is 13.2. The summed E-state index contributed by atoms with van der Waals surface area (Å²) in [7, 11) is 0. The Labute approximate surface area is 140 Å². The smallest absolute Gasteiger partial charge is 0.243 e. The number of carbonyl (C=O) groups is 1. The van der Waals surface area contributed by atoms with Crippen LogP contribution in [-0.2, 0) is 9.53 Å². The summed E-state index contributed by atoms with van der Waals surface area (Å²) in [6.07, 6.45) is -0.523. The highest BCUT2D eigenvalue weighted by Gasteiger charge is 2.32. The predicted molar refractivity (Wildman–Crippen MR) is 93.3 cm³/mol. The van der Waals surface area contributed by atoms with Gasteiger partial charge in [0.1, 0.15) is 0 Å². The van der Waals surface area contributed by atoms with Gasteiger partial charge in [0.05, 0.1) is 0 Å². The third-order valence-electron chi connectivity index (χ3n) is 4.05. The number of amides is 1. The lowest BCUT2D eigenvalue weighted by molar-refractivity contribution is -0.135. The lowest BCUT2D eigenvalue weighted by Gasteiger charge is -2.19. The number of benzene rings is 3. The Bertz CT molecular complexity index is 935. The molecule has 1 unspecified atom stereocenters. The van der Waals surface area contributed by atoms with Crippen molar-refractivity contribution in [3.63, 3.8) is 0 Å². The molecule has 1 atom stereocenters. The van der Waals surface area contributed by atoms with Crippen molar-refractivity contribution in [2.75, 3.05) is 0 Å². The van der Waals surface area contributed by atoms with Gasteiger partial charge < -0.3 is 4.74 Å². The van der Waals surface area contributed by atoms with E-state index < -0.39 is 6.23 Å². The quantitative estimate of drug-likeness (QED) is 0.715. The lowest BCUT2D eigenvalue weighted by Crippen LogP contribution is -2.25. The third kappa shape index (κ3) is 2.52. The Morgan fingerprint density at radius 3 is 2.42 bits per heavy atom. The molecule has 1 heterocycles. The molecule has 0 saturated heterocycles. The van der Waals surface area contributed by atoms with E-state index in [-0.39, 0.29) is 5.91 Å². The first kappa shape index (κ1) is 14.5. The summed E-state index contributed by atoms with van der Waals surface area (Å²) in [6, 6.07) is 23.8. The highest BCUT2D eigenvalue weighted by molar-refractivity contribution is 6.00. The van der Waals surface area contributed by atoms with E-state index in [1.165, 1.54) is 11.9 Å². The maximum atomic E-state index is 12.0. The normalized spacial score (nSPS) is 16.8. The molecular weight excluding hydrogens is 300 g/mol. The fourth-order valence-electron chi connectivity index (χ4n) is 2.84. The van der Waals surface area contributed by atoms with Gasteiger partial charge >= 0.3 is 0 Å². The van der Waals surface area contributed by atoms with E-state index in [0.717, 1.165) is 21.9 Å². The SMILES string of the molecule is CC(=O)N1N=C(c2ccc3ccccc3c2)OC1c1ccccc1. The largest absolute Gasteiger partial charge is 0.446 e. The van der Waals surface area contributed by atoms with Crippen LogP contribution < -0.4 is 0 Å². The minimum atomic E-state index is -0.523. The molecule has 1 amide bonds. The van der Waals surface area contributed by atoms with E-state index in [1.54, 1.807) is 0 Å². The van der Waals surface area contributed by atoms with E-state index in [4.69, 9.17) is 4.74 Å². The average molecular weight is 316 g/mol. The molecule has 0 aliphatic carbocycles. The van der Waals surface area contributed by atoms with Crippen LogP contribution in [0.15, 0.2) is 77.9 Å². The maximum absolute atomic E-state index is 12.0. The minimum absolute atomic E-state index is 0.153. The van der Waals surface area contributed by atoms with E-state index in [0.29, 0.717) is 5.90 Å². The maximum Gasteiger partial charge on any atom is 0.243 e. The molecule has 4 nitrogen and oxygen atoms in total. The standard InChI is InChI=1S/C20H16N2O2/c1-14(23)22-20(16-8-3-2-4-9-16)24-19(21-22)18-12-11-15-7-5-6-10-17(15)13-18/h2-13,20H,1H3. The molecule has 0 bridgehead atoms. The molecule has 118 valence electrons. The Morgan fingerprint density at radius 1 is 0.958 bits per heavy atom. The van der Waals surface area contributed by atoms with Gasteiger partial charge in [-0.1, -0.05) is 60.7 Å². The number of carbonyl (C=O) groups excluding carboxylic acids is 1. The Kier molecular flexibility index (Phi) is 3.50.